The van der Waals surface area contributed by atoms with Crippen molar-refractivity contribution < 1.29 is 9.59 Å². The smallest absolute Gasteiger partial charge is 0.318 e. The molecule has 0 saturated carbocycles. The van der Waals surface area contributed by atoms with Gasteiger partial charge in [0.05, 0.1) is 10.2 Å². The summed E-state index contributed by atoms with van der Waals surface area (Å²) in [5.41, 5.74) is 5.69. The minimum atomic E-state index is -0.829. The number of aromatic nitrogens is 1. The molecule has 0 aliphatic heterocycles. The van der Waals surface area contributed by atoms with Crippen molar-refractivity contribution >= 4 is 56.9 Å². The zero-order valence-electron chi connectivity index (χ0n) is 9.68. The van der Waals surface area contributed by atoms with Crippen molar-refractivity contribution in [3.63, 3.8) is 0 Å². The molecule has 1 aromatic carbocycles. The van der Waals surface area contributed by atoms with Crippen molar-refractivity contribution in [3.05, 3.63) is 23.2 Å². The van der Waals surface area contributed by atoms with Gasteiger partial charge in [0, 0.05) is 17.2 Å². The molecule has 3 N–H and O–H groups in total. The third-order valence-corrected chi connectivity index (χ3v) is 4.56. The molecule has 2 rings (SSSR count). The van der Waals surface area contributed by atoms with E-state index in [4.69, 9.17) is 17.3 Å². The van der Waals surface area contributed by atoms with Gasteiger partial charge in [0.1, 0.15) is 0 Å². The molecular weight excluding hydrogens is 306 g/mol. The van der Waals surface area contributed by atoms with E-state index in [2.05, 4.69) is 4.98 Å². The van der Waals surface area contributed by atoms with E-state index in [1.54, 1.807) is 17.4 Å². The van der Waals surface area contributed by atoms with Gasteiger partial charge in [-0.3, -0.25) is 10.1 Å². The number of halogens is 1. The zero-order chi connectivity index (χ0) is 13.8. The summed E-state index contributed by atoms with van der Waals surface area (Å²) in [5.74, 6) is 0.149. The van der Waals surface area contributed by atoms with Crippen molar-refractivity contribution in [2.45, 2.75) is 10.8 Å². The normalized spacial score (nSPS) is 10.6. The SMILES string of the molecule is NC(=O)NC(=O)CCSc1nc2cc(Cl)ccc2s1. The van der Waals surface area contributed by atoms with E-state index >= 15 is 0 Å². The summed E-state index contributed by atoms with van der Waals surface area (Å²) in [7, 11) is 0. The van der Waals surface area contributed by atoms with Gasteiger partial charge in [-0.15, -0.1) is 11.3 Å². The van der Waals surface area contributed by atoms with Crippen LogP contribution in [0.3, 0.4) is 0 Å². The number of urea groups is 1. The molecule has 19 heavy (non-hydrogen) atoms. The standard InChI is InChI=1S/C11H10ClN3O2S2/c12-6-1-2-8-7(5-6)14-11(19-8)18-4-3-9(16)15-10(13)17/h1-2,5H,3-4H2,(H3,13,15,16,17). The van der Waals surface area contributed by atoms with Crippen LogP contribution in [-0.2, 0) is 4.79 Å². The molecule has 0 aliphatic carbocycles. The summed E-state index contributed by atoms with van der Waals surface area (Å²) in [4.78, 5) is 26.1. The predicted molar refractivity (Wildman–Crippen MR) is 77.7 cm³/mol. The first kappa shape index (κ1) is 14.1. The fourth-order valence-corrected chi connectivity index (χ4v) is 3.60. The summed E-state index contributed by atoms with van der Waals surface area (Å²) in [6.07, 6.45) is 0.213. The Labute approximate surface area is 122 Å². The number of benzene rings is 1. The lowest BCUT2D eigenvalue weighted by atomic mass is 10.3. The van der Waals surface area contributed by atoms with E-state index in [9.17, 15) is 9.59 Å². The number of carbonyl (C=O) groups excluding carboxylic acids is 2. The van der Waals surface area contributed by atoms with Crippen LogP contribution < -0.4 is 11.1 Å². The molecule has 0 fully saturated rings. The summed E-state index contributed by atoms with van der Waals surface area (Å²) in [6.45, 7) is 0. The molecule has 8 heteroatoms. The lowest BCUT2D eigenvalue weighted by Crippen LogP contribution is -2.35. The number of primary amides is 1. The molecule has 0 spiro atoms. The van der Waals surface area contributed by atoms with E-state index < -0.39 is 6.03 Å². The maximum Gasteiger partial charge on any atom is 0.318 e. The second-order valence-electron chi connectivity index (χ2n) is 3.60. The molecule has 0 atom stereocenters. The number of imide groups is 1. The number of thiazole rings is 1. The average molecular weight is 316 g/mol. The van der Waals surface area contributed by atoms with Gasteiger partial charge in [0.2, 0.25) is 5.91 Å². The number of thioether (sulfide) groups is 1. The molecule has 3 amide bonds. The fourth-order valence-electron chi connectivity index (χ4n) is 1.37. The first-order valence-electron chi connectivity index (χ1n) is 5.33. The van der Waals surface area contributed by atoms with Gasteiger partial charge in [0.25, 0.3) is 0 Å². The van der Waals surface area contributed by atoms with Crippen molar-refractivity contribution in [2.75, 3.05) is 5.75 Å². The van der Waals surface area contributed by atoms with Gasteiger partial charge < -0.3 is 5.73 Å². The Balaban J connectivity index is 1.91. The fraction of sp³-hybridized carbons (Fsp3) is 0.182. The first-order chi connectivity index (χ1) is 9.04. The van der Waals surface area contributed by atoms with Gasteiger partial charge in [-0.25, -0.2) is 9.78 Å². The van der Waals surface area contributed by atoms with Crippen molar-refractivity contribution in [2.24, 2.45) is 5.73 Å². The van der Waals surface area contributed by atoms with Crippen molar-refractivity contribution in [3.8, 4) is 0 Å². The lowest BCUT2D eigenvalue weighted by molar-refractivity contribution is -0.119. The highest BCUT2D eigenvalue weighted by molar-refractivity contribution is 8.01. The Morgan fingerprint density at radius 1 is 1.47 bits per heavy atom. The third kappa shape index (κ3) is 4.09. The number of hydrogen-bond acceptors (Lipinski definition) is 5. The maximum absolute atomic E-state index is 11.2. The highest BCUT2D eigenvalue weighted by atomic mass is 35.5. The lowest BCUT2D eigenvalue weighted by Gasteiger charge is -1.98. The van der Waals surface area contributed by atoms with Crippen LogP contribution in [0.1, 0.15) is 6.42 Å². The molecule has 5 nitrogen and oxygen atoms in total. The largest absolute Gasteiger partial charge is 0.351 e. The van der Waals surface area contributed by atoms with E-state index in [1.165, 1.54) is 11.8 Å². The number of nitrogens with two attached hydrogens (primary N) is 1. The van der Waals surface area contributed by atoms with Crippen LogP contribution in [0.4, 0.5) is 4.79 Å². The second kappa shape index (κ2) is 6.23. The molecule has 0 aliphatic rings. The Morgan fingerprint density at radius 2 is 2.26 bits per heavy atom. The molecule has 2 aromatic rings. The highest BCUT2D eigenvalue weighted by Gasteiger charge is 2.07. The molecule has 0 bridgehead atoms. The van der Waals surface area contributed by atoms with Gasteiger partial charge in [0.15, 0.2) is 4.34 Å². The second-order valence-corrected chi connectivity index (χ2v) is 6.41. The average Bonchev–Trinajstić information content (AvgIpc) is 2.69. The van der Waals surface area contributed by atoms with Crippen LogP contribution in [0.15, 0.2) is 22.5 Å². The monoisotopic (exact) mass is 315 g/mol. The van der Waals surface area contributed by atoms with Crippen LogP contribution in [0.2, 0.25) is 5.02 Å². The molecule has 0 unspecified atom stereocenters. The van der Waals surface area contributed by atoms with Gasteiger partial charge >= 0.3 is 6.03 Å². The van der Waals surface area contributed by atoms with E-state index in [1.807, 2.05) is 17.4 Å². The summed E-state index contributed by atoms with van der Waals surface area (Å²) in [6, 6.07) is 4.71. The number of hydrogen-bond donors (Lipinski definition) is 2. The molecule has 100 valence electrons. The minimum absolute atomic E-state index is 0.213. The van der Waals surface area contributed by atoms with Gasteiger partial charge in [-0.1, -0.05) is 23.4 Å². The Kier molecular flexibility index (Phi) is 4.62. The van der Waals surface area contributed by atoms with E-state index in [0.717, 1.165) is 14.6 Å². The Hall–Kier alpha value is -1.31. The molecule has 1 aromatic heterocycles. The predicted octanol–water partition coefficient (Wildman–Crippen LogP) is 2.63. The van der Waals surface area contributed by atoms with Crippen LogP contribution in [-0.4, -0.2) is 22.7 Å². The number of rotatable bonds is 4. The van der Waals surface area contributed by atoms with Gasteiger partial charge in [-0.2, -0.15) is 0 Å². The quantitative estimate of drug-likeness (QED) is 0.849. The van der Waals surface area contributed by atoms with Gasteiger partial charge in [-0.05, 0) is 18.2 Å². The Bertz CT molecular complexity index is 629. The van der Waals surface area contributed by atoms with E-state index in [-0.39, 0.29) is 12.3 Å². The molecular formula is C11H10ClN3O2S2. The summed E-state index contributed by atoms with van der Waals surface area (Å²) < 4.78 is 1.91. The topological polar surface area (TPSA) is 85.1 Å². The summed E-state index contributed by atoms with van der Waals surface area (Å²) in [5, 5.41) is 2.66. The van der Waals surface area contributed by atoms with Crippen LogP contribution in [0.5, 0.6) is 0 Å². The number of carbonyl (C=O) groups is 2. The Morgan fingerprint density at radius 3 is 3.00 bits per heavy atom. The summed E-state index contributed by atoms with van der Waals surface area (Å²) >= 11 is 8.88. The number of fused-ring (bicyclic) bond motifs is 1. The number of nitrogens with one attached hydrogen (secondary N) is 1. The van der Waals surface area contributed by atoms with E-state index in [0.29, 0.717) is 10.8 Å². The first-order valence-corrected chi connectivity index (χ1v) is 7.51. The highest BCUT2D eigenvalue weighted by Crippen LogP contribution is 2.31. The van der Waals surface area contributed by atoms with Crippen LogP contribution >= 0.6 is 34.7 Å². The maximum atomic E-state index is 11.2. The molecule has 0 radical (unpaired) electrons. The third-order valence-electron chi connectivity index (χ3n) is 2.15. The minimum Gasteiger partial charge on any atom is -0.351 e. The zero-order valence-corrected chi connectivity index (χ0v) is 12.1. The number of nitrogens with zero attached hydrogens (tertiary/aromatic N) is 1. The van der Waals surface area contributed by atoms with Crippen LogP contribution in [0.25, 0.3) is 10.2 Å². The molecule has 1 heterocycles. The van der Waals surface area contributed by atoms with Crippen molar-refractivity contribution in [1.29, 1.82) is 0 Å². The molecule has 0 saturated heterocycles. The number of amides is 3. The van der Waals surface area contributed by atoms with Crippen LogP contribution in [0, 0.1) is 0 Å². The van der Waals surface area contributed by atoms with Crippen molar-refractivity contribution in [1.82, 2.24) is 10.3 Å².